The molecule has 0 aromatic heterocycles. The zero-order valence-corrected chi connectivity index (χ0v) is 11.7. The summed E-state index contributed by atoms with van der Waals surface area (Å²) in [6.07, 6.45) is 3.64. The molecule has 0 amide bonds. The van der Waals surface area contributed by atoms with E-state index in [1.807, 2.05) is 12.1 Å². The van der Waals surface area contributed by atoms with E-state index in [2.05, 4.69) is 40.2 Å². The van der Waals surface area contributed by atoms with Gasteiger partial charge in [0.15, 0.2) is 0 Å². The number of fused-ring (bicyclic) bond motifs is 1. The van der Waals surface area contributed by atoms with Crippen LogP contribution in [0.1, 0.15) is 17.5 Å². The number of benzene rings is 2. The molecule has 2 aromatic carbocycles. The lowest BCUT2D eigenvalue weighted by Gasteiger charge is -2.11. The van der Waals surface area contributed by atoms with Crippen LogP contribution in [-0.4, -0.2) is 0 Å². The fourth-order valence-corrected chi connectivity index (χ4v) is 3.18. The van der Waals surface area contributed by atoms with E-state index in [-0.39, 0.29) is 0 Å². The van der Waals surface area contributed by atoms with Gasteiger partial charge < -0.3 is 0 Å². The van der Waals surface area contributed by atoms with Crippen LogP contribution in [0.3, 0.4) is 0 Å². The van der Waals surface area contributed by atoms with E-state index < -0.39 is 0 Å². The fraction of sp³-hybridized carbons (Fsp3) is 0.200. The Kier molecular flexibility index (Phi) is 2.97. The maximum absolute atomic E-state index is 6.38. The van der Waals surface area contributed by atoms with Crippen LogP contribution in [0, 0.1) is 0 Å². The normalized spacial score (nSPS) is 13.8. The van der Waals surface area contributed by atoms with Gasteiger partial charge in [-0.1, -0.05) is 41.9 Å². The van der Waals surface area contributed by atoms with Crippen molar-refractivity contribution in [1.82, 2.24) is 0 Å². The smallest absolute Gasteiger partial charge is 0.0626 e. The molecule has 0 saturated heterocycles. The lowest BCUT2D eigenvalue weighted by atomic mass is 9.97. The topological polar surface area (TPSA) is 0 Å². The summed E-state index contributed by atoms with van der Waals surface area (Å²) in [6, 6.07) is 12.7. The van der Waals surface area contributed by atoms with Crippen molar-refractivity contribution in [1.29, 1.82) is 0 Å². The summed E-state index contributed by atoms with van der Waals surface area (Å²) in [6.45, 7) is 0. The van der Waals surface area contributed by atoms with E-state index >= 15 is 0 Å². The Bertz CT molecular complexity index is 575. The monoisotopic (exact) mass is 306 g/mol. The zero-order valence-electron chi connectivity index (χ0n) is 9.34. The number of halogens is 2. The average molecular weight is 308 g/mol. The highest BCUT2D eigenvalue weighted by Gasteiger charge is 2.17. The van der Waals surface area contributed by atoms with Crippen molar-refractivity contribution in [3.63, 3.8) is 0 Å². The first-order valence-electron chi connectivity index (χ1n) is 5.82. The van der Waals surface area contributed by atoms with E-state index in [0.29, 0.717) is 0 Å². The minimum absolute atomic E-state index is 0.813. The molecular weight excluding hydrogens is 296 g/mol. The Morgan fingerprint density at radius 2 is 1.71 bits per heavy atom. The molecule has 17 heavy (non-hydrogen) atoms. The van der Waals surface area contributed by atoms with Crippen molar-refractivity contribution in [2.24, 2.45) is 0 Å². The summed E-state index contributed by atoms with van der Waals surface area (Å²) in [7, 11) is 0. The van der Waals surface area contributed by atoms with Crippen molar-refractivity contribution in [2.45, 2.75) is 19.3 Å². The zero-order chi connectivity index (χ0) is 11.8. The highest BCUT2D eigenvalue weighted by molar-refractivity contribution is 9.10. The molecule has 1 aliphatic rings. The molecule has 0 atom stereocenters. The van der Waals surface area contributed by atoms with Crippen LogP contribution in [0.15, 0.2) is 40.9 Å². The number of rotatable bonds is 1. The maximum Gasteiger partial charge on any atom is 0.0626 e. The van der Waals surface area contributed by atoms with Gasteiger partial charge in [0.2, 0.25) is 0 Å². The first-order chi connectivity index (χ1) is 8.27. The second kappa shape index (κ2) is 4.47. The largest absolute Gasteiger partial charge is 0.0824 e. The van der Waals surface area contributed by atoms with Crippen molar-refractivity contribution in [3.05, 3.63) is 57.0 Å². The SMILES string of the molecule is Clc1c(Br)cccc1-c1cccc2c1CCC2. The van der Waals surface area contributed by atoms with Gasteiger partial charge in [0.05, 0.1) is 5.02 Å². The van der Waals surface area contributed by atoms with Crippen LogP contribution in [0.5, 0.6) is 0 Å². The van der Waals surface area contributed by atoms with Gasteiger partial charge in [-0.2, -0.15) is 0 Å². The lowest BCUT2D eigenvalue weighted by molar-refractivity contribution is 0.912. The number of hydrogen-bond donors (Lipinski definition) is 0. The minimum atomic E-state index is 0.813. The molecule has 0 saturated carbocycles. The molecule has 0 fully saturated rings. The predicted molar refractivity (Wildman–Crippen MR) is 76.6 cm³/mol. The minimum Gasteiger partial charge on any atom is -0.0824 e. The summed E-state index contributed by atoms with van der Waals surface area (Å²) in [5.41, 5.74) is 5.40. The molecule has 3 rings (SSSR count). The second-order valence-electron chi connectivity index (χ2n) is 4.40. The third kappa shape index (κ3) is 1.92. The Balaban J connectivity index is 2.23. The van der Waals surface area contributed by atoms with Crippen molar-refractivity contribution < 1.29 is 0 Å². The second-order valence-corrected chi connectivity index (χ2v) is 5.63. The van der Waals surface area contributed by atoms with Crippen LogP contribution in [0.4, 0.5) is 0 Å². The van der Waals surface area contributed by atoms with E-state index in [1.54, 1.807) is 0 Å². The summed E-state index contributed by atoms with van der Waals surface area (Å²) < 4.78 is 0.965. The first-order valence-corrected chi connectivity index (χ1v) is 6.99. The third-order valence-corrected chi connectivity index (χ3v) is 4.68. The highest BCUT2D eigenvalue weighted by atomic mass is 79.9. The summed E-state index contributed by atoms with van der Waals surface area (Å²) >= 11 is 9.87. The quantitative estimate of drug-likeness (QED) is 0.674. The van der Waals surface area contributed by atoms with Gasteiger partial charge in [-0.3, -0.25) is 0 Å². The van der Waals surface area contributed by atoms with Crippen LogP contribution in [0.2, 0.25) is 5.02 Å². The molecule has 86 valence electrons. The molecule has 2 heteroatoms. The summed E-state index contributed by atoms with van der Waals surface area (Å²) in [4.78, 5) is 0. The summed E-state index contributed by atoms with van der Waals surface area (Å²) in [5.74, 6) is 0. The van der Waals surface area contributed by atoms with Gasteiger partial charge in [0, 0.05) is 10.0 Å². The molecule has 0 nitrogen and oxygen atoms in total. The molecule has 1 aliphatic carbocycles. The Labute approximate surface area is 115 Å². The van der Waals surface area contributed by atoms with E-state index in [0.717, 1.165) is 15.1 Å². The summed E-state index contributed by atoms with van der Waals surface area (Å²) in [5, 5.41) is 0.813. The van der Waals surface area contributed by atoms with Gasteiger partial charge in [0.25, 0.3) is 0 Å². The number of aryl methyl sites for hydroxylation is 1. The first kappa shape index (κ1) is 11.3. The lowest BCUT2D eigenvalue weighted by Crippen LogP contribution is -1.89. The van der Waals surface area contributed by atoms with Gasteiger partial charge in [-0.05, 0) is 57.9 Å². The van der Waals surface area contributed by atoms with Gasteiger partial charge >= 0.3 is 0 Å². The Hall–Kier alpha value is -0.790. The molecule has 0 spiro atoms. The van der Waals surface area contributed by atoms with Crippen LogP contribution in [0.25, 0.3) is 11.1 Å². The molecule has 0 bridgehead atoms. The Morgan fingerprint density at radius 1 is 0.941 bits per heavy atom. The van der Waals surface area contributed by atoms with Gasteiger partial charge in [0.1, 0.15) is 0 Å². The van der Waals surface area contributed by atoms with Gasteiger partial charge in [-0.15, -0.1) is 0 Å². The van der Waals surface area contributed by atoms with Crippen molar-refractivity contribution in [3.8, 4) is 11.1 Å². The molecule has 0 radical (unpaired) electrons. The predicted octanol–water partition coefficient (Wildman–Crippen LogP) is 5.26. The van der Waals surface area contributed by atoms with Crippen LogP contribution >= 0.6 is 27.5 Å². The molecule has 0 heterocycles. The molecule has 2 aromatic rings. The standard InChI is InChI=1S/C15H12BrCl/c16-14-9-3-8-13(15(14)17)12-7-2-5-10-4-1-6-11(10)12/h2-3,5,7-9H,1,4,6H2. The van der Waals surface area contributed by atoms with Crippen molar-refractivity contribution in [2.75, 3.05) is 0 Å². The van der Waals surface area contributed by atoms with Gasteiger partial charge in [-0.25, -0.2) is 0 Å². The Morgan fingerprint density at radius 3 is 2.59 bits per heavy atom. The van der Waals surface area contributed by atoms with E-state index in [9.17, 15) is 0 Å². The van der Waals surface area contributed by atoms with E-state index in [1.165, 1.54) is 36.0 Å². The number of hydrogen-bond acceptors (Lipinski definition) is 0. The third-order valence-electron chi connectivity index (χ3n) is 3.39. The average Bonchev–Trinajstić information content (AvgIpc) is 2.81. The molecule has 0 aliphatic heterocycles. The van der Waals surface area contributed by atoms with Crippen molar-refractivity contribution >= 4 is 27.5 Å². The molecule has 0 N–H and O–H groups in total. The maximum atomic E-state index is 6.38. The van der Waals surface area contributed by atoms with Crippen LogP contribution in [-0.2, 0) is 12.8 Å². The van der Waals surface area contributed by atoms with E-state index in [4.69, 9.17) is 11.6 Å². The highest BCUT2D eigenvalue weighted by Crippen LogP contribution is 2.38. The molecular formula is C15H12BrCl. The fourth-order valence-electron chi connectivity index (χ4n) is 2.58. The van der Waals surface area contributed by atoms with Crippen LogP contribution < -0.4 is 0 Å². The molecule has 0 unspecified atom stereocenters.